The molecule has 2 N–H and O–H groups in total. The summed E-state index contributed by atoms with van der Waals surface area (Å²) in [7, 11) is 0. The maximum absolute atomic E-state index is 14.4. The normalized spacial score (nSPS) is 18.5. The molecular weight excluding hydrogens is 437 g/mol. The molecule has 32 heavy (non-hydrogen) atoms. The van der Waals surface area contributed by atoms with Crippen molar-refractivity contribution >= 4 is 11.7 Å². The molecule has 2 atom stereocenters. The number of carbonyl (C=O) groups excluding carboxylic acids is 1. The number of aromatic nitrogens is 5. The third-order valence-corrected chi connectivity index (χ3v) is 5.00. The van der Waals surface area contributed by atoms with E-state index in [1.54, 1.807) is 0 Å². The van der Waals surface area contributed by atoms with Gasteiger partial charge in [0, 0.05) is 18.2 Å². The quantitative estimate of drug-likeness (QED) is 0.577. The van der Waals surface area contributed by atoms with E-state index in [9.17, 15) is 26.7 Å². The third kappa shape index (κ3) is 4.50. The Bertz CT molecular complexity index is 1100. The number of rotatable bonds is 5. The molecule has 4 rings (SSSR count). The highest BCUT2D eigenvalue weighted by molar-refractivity contribution is 5.98. The maximum atomic E-state index is 14.4. The van der Waals surface area contributed by atoms with Crippen molar-refractivity contribution < 1.29 is 26.7 Å². The molecule has 0 spiro atoms. The molecule has 1 fully saturated rings. The van der Waals surface area contributed by atoms with Crippen molar-refractivity contribution in [3.63, 3.8) is 0 Å². The second-order valence-corrected chi connectivity index (χ2v) is 7.15. The minimum Gasteiger partial charge on any atom is -0.364 e. The molecule has 2 heterocycles. The van der Waals surface area contributed by atoms with Crippen LogP contribution in [0.5, 0.6) is 0 Å². The van der Waals surface area contributed by atoms with Crippen LogP contribution in [0.3, 0.4) is 0 Å². The first-order valence-electron chi connectivity index (χ1n) is 9.55. The van der Waals surface area contributed by atoms with Gasteiger partial charge in [-0.3, -0.25) is 4.79 Å². The molecule has 1 aliphatic carbocycles. The van der Waals surface area contributed by atoms with E-state index in [1.165, 1.54) is 12.4 Å². The molecule has 1 aliphatic rings. The molecule has 168 valence electrons. The summed E-state index contributed by atoms with van der Waals surface area (Å²) >= 11 is 0. The zero-order valence-electron chi connectivity index (χ0n) is 16.3. The number of alkyl halides is 3. The highest BCUT2D eigenvalue weighted by Gasteiger charge is 2.34. The predicted molar refractivity (Wildman–Crippen MR) is 101 cm³/mol. The van der Waals surface area contributed by atoms with Gasteiger partial charge in [0.05, 0.1) is 30.4 Å². The van der Waals surface area contributed by atoms with E-state index in [0.29, 0.717) is 31.5 Å². The van der Waals surface area contributed by atoms with Crippen LogP contribution < -0.4 is 10.6 Å². The minimum absolute atomic E-state index is 0.113. The molecule has 0 saturated heterocycles. The lowest BCUT2D eigenvalue weighted by Crippen LogP contribution is -2.43. The van der Waals surface area contributed by atoms with Crippen LogP contribution >= 0.6 is 0 Å². The zero-order chi connectivity index (χ0) is 22.9. The summed E-state index contributed by atoms with van der Waals surface area (Å²) in [6, 6.07) is 0.681. The fourth-order valence-corrected chi connectivity index (χ4v) is 3.56. The van der Waals surface area contributed by atoms with E-state index in [4.69, 9.17) is 0 Å². The van der Waals surface area contributed by atoms with Crippen LogP contribution in [0, 0.1) is 11.6 Å². The molecule has 13 heteroatoms. The fraction of sp³-hybridized carbons (Fsp3) is 0.316. The molecule has 0 bridgehead atoms. The first-order valence-corrected chi connectivity index (χ1v) is 9.55. The Kier molecular flexibility index (Phi) is 5.72. The Morgan fingerprint density at radius 3 is 2.41 bits per heavy atom. The van der Waals surface area contributed by atoms with Gasteiger partial charge in [0.2, 0.25) is 0 Å². The van der Waals surface area contributed by atoms with Crippen LogP contribution in [-0.4, -0.2) is 43.0 Å². The second kappa shape index (κ2) is 8.48. The molecule has 1 unspecified atom stereocenters. The Balaban J connectivity index is 1.51. The molecule has 8 nitrogen and oxygen atoms in total. The van der Waals surface area contributed by atoms with Crippen molar-refractivity contribution in [2.24, 2.45) is 0 Å². The lowest BCUT2D eigenvalue weighted by molar-refractivity contribution is -0.141. The van der Waals surface area contributed by atoms with Crippen molar-refractivity contribution in [3.8, 4) is 5.69 Å². The Morgan fingerprint density at radius 1 is 1.03 bits per heavy atom. The summed E-state index contributed by atoms with van der Waals surface area (Å²) in [5.41, 5.74) is -1.71. The average molecular weight is 453 g/mol. The summed E-state index contributed by atoms with van der Waals surface area (Å²) < 4.78 is 66.2. The SMILES string of the molecule is O=C(NC1CCC[C@@H]1Nc1cnc(C(F)(F)F)cn1)c1cc(F)cc(F)c1-n1nccn1. The molecule has 3 aromatic rings. The van der Waals surface area contributed by atoms with Crippen molar-refractivity contribution in [2.75, 3.05) is 5.32 Å². The number of nitrogens with zero attached hydrogens (tertiary/aromatic N) is 5. The largest absolute Gasteiger partial charge is 0.434 e. The first kappa shape index (κ1) is 21.6. The Morgan fingerprint density at radius 2 is 1.75 bits per heavy atom. The van der Waals surface area contributed by atoms with Crippen molar-refractivity contribution in [2.45, 2.75) is 37.5 Å². The van der Waals surface area contributed by atoms with E-state index < -0.39 is 35.5 Å². The molecule has 1 aromatic carbocycles. The van der Waals surface area contributed by atoms with Gasteiger partial charge in [0.15, 0.2) is 11.5 Å². The van der Waals surface area contributed by atoms with Gasteiger partial charge >= 0.3 is 6.18 Å². The standard InChI is InChI=1S/C19H16F5N7O/c20-10-6-11(17(12(21)7-10)31-27-4-5-28-31)18(32)30-14-3-1-2-13(14)29-16-9-25-15(8-26-16)19(22,23)24/h4-9,13-14H,1-3H2,(H,26,29)(H,30,32)/t13-,14?/m0/s1. The average Bonchev–Trinajstić information content (AvgIpc) is 3.40. The first-order chi connectivity index (χ1) is 15.2. The molecule has 2 aromatic heterocycles. The third-order valence-electron chi connectivity index (χ3n) is 5.00. The molecule has 1 amide bonds. The van der Waals surface area contributed by atoms with Gasteiger partial charge in [-0.15, -0.1) is 4.80 Å². The Hall–Kier alpha value is -3.64. The number of halogens is 5. The summed E-state index contributed by atoms with van der Waals surface area (Å²) in [6.45, 7) is 0. The van der Waals surface area contributed by atoms with Crippen LogP contribution in [0.2, 0.25) is 0 Å². The lowest BCUT2D eigenvalue weighted by Gasteiger charge is -2.23. The zero-order valence-corrected chi connectivity index (χ0v) is 16.3. The van der Waals surface area contributed by atoms with Gasteiger partial charge in [0.25, 0.3) is 5.91 Å². The van der Waals surface area contributed by atoms with Crippen molar-refractivity contribution in [1.29, 1.82) is 0 Å². The Labute approximate surface area is 177 Å². The second-order valence-electron chi connectivity index (χ2n) is 7.15. The number of nitrogens with one attached hydrogen (secondary N) is 2. The highest BCUT2D eigenvalue weighted by atomic mass is 19.4. The van der Waals surface area contributed by atoms with Gasteiger partial charge < -0.3 is 10.6 Å². The van der Waals surface area contributed by atoms with Crippen LogP contribution in [0.4, 0.5) is 27.8 Å². The number of hydrogen-bond acceptors (Lipinski definition) is 6. The molecule has 0 aliphatic heterocycles. The van der Waals surface area contributed by atoms with E-state index >= 15 is 0 Å². The summed E-state index contributed by atoms with van der Waals surface area (Å²) in [5, 5.41) is 13.3. The van der Waals surface area contributed by atoms with Crippen LogP contribution in [0.25, 0.3) is 5.69 Å². The van der Waals surface area contributed by atoms with Gasteiger partial charge in [0.1, 0.15) is 17.3 Å². The van der Waals surface area contributed by atoms with E-state index in [0.717, 1.165) is 17.1 Å². The smallest absolute Gasteiger partial charge is 0.364 e. The van der Waals surface area contributed by atoms with Gasteiger partial charge in [-0.2, -0.15) is 23.4 Å². The van der Waals surface area contributed by atoms with Gasteiger partial charge in [-0.05, 0) is 25.3 Å². The summed E-state index contributed by atoms with van der Waals surface area (Å²) in [5.74, 6) is -2.58. The van der Waals surface area contributed by atoms with E-state index in [2.05, 4.69) is 30.8 Å². The summed E-state index contributed by atoms with van der Waals surface area (Å²) in [6.07, 6.45) is 1.40. The number of carbonyl (C=O) groups is 1. The van der Waals surface area contributed by atoms with Gasteiger partial charge in [-0.1, -0.05) is 0 Å². The fourth-order valence-electron chi connectivity index (χ4n) is 3.56. The number of hydrogen-bond donors (Lipinski definition) is 2. The predicted octanol–water partition coefficient (Wildman–Crippen LogP) is 3.12. The monoisotopic (exact) mass is 453 g/mol. The van der Waals surface area contributed by atoms with Crippen LogP contribution in [0.15, 0.2) is 36.9 Å². The lowest BCUT2D eigenvalue weighted by atomic mass is 10.1. The molecular formula is C19H16F5N7O. The highest BCUT2D eigenvalue weighted by Crippen LogP contribution is 2.28. The van der Waals surface area contributed by atoms with Gasteiger partial charge in [-0.25, -0.2) is 18.7 Å². The summed E-state index contributed by atoms with van der Waals surface area (Å²) in [4.78, 5) is 20.8. The molecule has 1 saturated carbocycles. The van der Waals surface area contributed by atoms with Crippen LogP contribution in [-0.2, 0) is 6.18 Å². The van der Waals surface area contributed by atoms with Crippen molar-refractivity contribution in [3.05, 3.63) is 59.8 Å². The maximum Gasteiger partial charge on any atom is 0.434 e. The number of amides is 1. The minimum atomic E-state index is -4.60. The van der Waals surface area contributed by atoms with Crippen molar-refractivity contribution in [1.82, 2.24) is 30.3 Å². The van der Waals surface area contributed by atoms with E-state index in [-0.39, 0.29) is 23.1 Å². The van der Waals surface area contributed by atoms with E-state index in [1.807, 2.05) is 0 Å². The molecule has 0 radical (unpaired) electrons. The number of benzene rings is 1. The number of anilines is 1. The van der Waals surface area contributed by atoms with Crippen LogP contribution in [0.1, 0.15) is 35.3 Å². The topological polar surface area (TPSA) is 97.6 Å².